The van der Waals surface area contributed by atoms with Crippen LogP contribution in [0.3, 0.4) is 0 Å². The Labute approximate surface area is 100 Å². The van der Waals surface area contributed by atoms with E-state index in [4.69, 9.17) is 5.11 Å². The summed E-state index contributed by atoms with van der Waals surface area (Å²) in [6, 6.07) is 0. The third kappa shape index (κ3) is 3.79. The van der Waals surface area contributed by atoms with Crippen LogP contribution in [0.2, 0.25) is 0 Å². The Bertz CT molecular complexity index is 321. The molecule has 0 spiro atoms. The molecule has 1 aliphatic heterocycles. The van der Waals surface area contributed by atoms with Gasteiger partial charge in [0, 0.05) is 25.3 Å². The Balaban J connectivity index is 2.79. The van der Waals surface area contributed by atoms with Crippen molar-refractivity contribution in [1.29, 1.82) is 0 Å². The predicted molar refractivity (Wildman–Crippen MR) is 55.8 cm³/mol. The number of rotatable bonds is 1. The lowest BCUT2D eigenvalue weighted by molar-refractivity contribution is -0.182. The summed E-state index contributed by atoms with van der Waals surface area (Å²) in [5.74, 6) is -1.78. The molecule has 0 bridgehead atoms. The van der Waals surface area contributed by atoms with Crippen LogP contribution in [0.1, 0.15) is 13.3 Å². The maximum absolute atomic E-state index is 12.7. The fraction of sp³-hybridized carbons (Fsp3) is 0.778. The van der Waals surface area contributed by atoms with E-state index in [9.17, 15) is 22.8 Å². The number of likely N-dealkylation sites (tertiary alicyclic amines) is 1. The molecule has 1 saturated heterocycles. The zero-order valence-corrected chi connectivity index (χ0v) is 9.85. The maximum Gasteiger partial charge on any atom is 0.407 e. The predicted octanol–water partition coefficient (Wildman–Crippen LogP) is 2.20. The molecule has 8 heteroatoms. The normalized spacial score (nSPS) is 25.8. The van der Waals surface area contributed by atoms with Crippen molar-refractivity contribution in [3.8, 4) is 0 Å². The minimum absolute atomic E-state index is 0.0346. The molecular weight excluding hydrogens is 259 g/mol. The average molecular weight is 271 g/mol. The number of nitrogens with zero attached hydrogens (tertiary/aromatic N) is 1. The second-order valence-corrected chi connectivity index (χ2v) is 5.23. The standard InChI is InChI=1S/C9H12F3NO3S/c1-5(14)17-7-2-3-13(8(15)16)4-6(7)9(10,11)12/h6-7H,2-4H2,1H3,(H,15,16)/t6-,7-/m1/s1. The highest BCUT2D eigenvalue weighted by atomic mass is 32.2. The second kappa shape index (κ2) is 5.16. The van der Waals surface area contributed by atoms with E-state index in [0.717, 1.165) is 4.90 Å². The van der Waals surface area contributed by atoms with Gasteiger partial charge in [-0.2, -0.15) is 13.2 Å². The first-order chi connectivity index (χ1) is 7.71. The number of carboxylic acid groups (broad SMARTS) is 1. The van der Waals surface area contributed by atoms with E-state index < -0.39 is 30.0 Å². The third-order valence-electron chi connectivity index (χ3n) is 2.56. The Morgan fingerprint density at radius 1 is 1.41 bits per heavy atom. The lowest BCUT2D eigenvalue weighted by Crippen LogP contribution is -2.50. The van der Waals surface area contributed by atoms with Crippen molar-refractivity contribution in [3.05, 3.63) is 0 Å². The lowest BCUT2D eigenvalue weighted by atomic mass is 9.97. The molecule has 0 saturated carbocycles. The highest BCUT2D eigenvalue weighted by Gasteiger charge is 2.48. The largest absolute Gasteiger partial charge is 0.465 e. The van der Waals surface area contributed by atoms with Crippen molar-refractivity contribution in [1.82, 2.24) is 4.90 Å². The average Bonchev–Trinajstić information content (AvgIpc) is 2.15. The summed E-state index contributed by atoms with van der Waals surface area (Å²) in [6.07, 6.45) is -5.80. The van der Waals surface area contributed by atoms with Gasteiger partial charge in [0.05, 0.1) is 5.92 Å². The highest BCUT2D eigenvalue weighted by Crippen LogP contribution is 2.39. The Morgan fingerprint density at radius 3 is 2.41 bits per heavy atom. The Kier molecular flexibility index (Phi) is 4.29. The third-order valence-corrected chi connectivity index (χ3v) is 3.76. The smallest absolute Gasteiger partial charge is 0.407 e. The van der Waals surface area contributed by atoms with E-state index >= 15 is 0 Å². The molecule has 0 radical (unpaired) electrons. The maximum atomic E-state index is 12.7. The van der Waals surface area contributed by atoms with E-state index in [1.807, 2.05) is 0 Å². The molecule has 1 heterocycles. The summed E-state index contributed by atoms with van der Waals surface area (Å²) >= 11 is 0.646. The quantitative estimate of drug-likeness (QED) is 0.794. The van der Waals surface area contributed by atoms with Crippen LogP contribution in [0, 0.1) is 5.92 Å². The van der Waals surface area contributed by atoms with Gasteiger partial charge < -0.3 is 10.0 Å². The number of piperidine rings is 1. The molecule has 2 atom stereocenters. The zero-order chi connectivity index (χ0) is 13.2. The SMILES string of the molecule is CC(=O)S[C@@H]1CCN(C(=O)O)C[C@H]1C(F)(F)F. The second-order valence-electron chi connectivity index (χ2n) is 3.81. The van der Waals surface area contributed by atoms with Crippen molar-refractivity contribution < 1.29 is 27.9 Å². The number of thioether (sulfide) groups is 1. The summed E-state index contributed by atoms with van der Waals surface area (Å²) in [5, 5.41) is 7.41. The van der Waals surface area contributed by atoms with Gasteiger partial charge in [0.25, 0.3) is 0 Å². The molecular formula is C9H12F3NO3S. The minimum Gasteiger partial charge on any atom is -0.465 e. The summed E-state index contributed by atoms with van der Waals surface area (Å²) in [6.45, 7) is 0.651. The van der Waals surface area contributed by atoms with Crippen LogP contribution in [-0.4, -0.2) is 45.7 Å². The number of alkyl halides is 3. The van der Waals surface area contributed by atoms with Crippen molar-refractivity contribution in [3.63, 3.8) is 0 Å². The highest BCUT2D eigenvalue weighted by molar-refractivity contribution is 8.14. The Morgan fingerprint density at radius 2 is 2.00 bits per heavy atom. The molecule has 0 aromatic heterocycles. The van der Waals surface area contributed by atoms with E-state index in [2.05, 4.69) is 0 Å². The van der Waals surface area contributed by atoms with Gasteiger partial charge in [0.1, 0.15) is 0 Å². The molecule has 1 amide bonds. The first-order valence-corrected chi connectivity index (χ1v) is 5.81. The van der Waals surface area contributed by atoms with Gasteiger partial charge in [0.2, 0.25) is 0 Å². The van der Waals surface area contributed by atoms with Crippen molar-refractivity contribution >= 4 is 23.0 Å². The topological polar surface area (TPSA) is 57.6 Å². The van der Waals surface area contributed by atoms with E-state index in [-0.39, 0.29) is 18.1 Å². The van der Waals surface area contributed by atoms with Crippen LogP contribution in [0.5, 0.6) is 0 Å². The van der Waals surface area contributed by atoms with Gasteiger partial charge in [-0.15, -0.1) is 0 Å². The molecule has 1 aliphatic rings. The van der Waals surface area contributed by atoms with Crippen LogP contribution >= 0.6 is 11.8 Å². The molecule has 4 nitrogen and oxygen atoms in total. The van der Waals surface area contributed by atoms with Crippen LogP contribution in [0.4, 0.5) is 18.0 Å². The molecule has 1 N–H and O–H groups in total. The van der Waals surface area contributed by atoms with Gasteiger partial charge in [-0.25, -0.2) is 4.79 Å². The van der Waals surface area contributed by atoms with Crippen LogP contribution < -0.4 is 0 Å². The molecule has 1 fully saturated rings. The number of carbonyl (C=O) groups is 2. The van der Waals surface area contributed by atoms with Gasteiger partial charge in [-0.1, -0.05) is 11.8 Å². The van der Waals surface area contributed by atoms with Crippen LogP contribution in [0.25, 0.3) is 0 Å². The van der Waals surface area contributed by atoms with Crippen molar-refractivity contribution in [2.75, 3.05) is 13.1 Å². The molecule has 98 valence electrons. The van der Waals surface area contributed by atoms with Crippen molar-refractivity contribution in [2.45, 2.75) is 24.8 Å². The number of hydrogen-bond donors (Lipinski definition) is 1. The van der Waals surface area contributed by atoms with E-state index in [0.29, 0.717) is 11.8 Å². The molecule has 17 heavy (non-hydrogen) atoms. The van der Waals surface area contributed by atoms with Crippen LogP contribution in [0.15, 0.2) is 0 Å². The molecule has 0 aliphatic carbocycles. The number of amides is 1. The van der Waals surface area contributed by atoms with Gasteiger partial charge in [0.15, 0.2) is 5.12 Å². The fourth-order valence-electron chi connectivity index (χ4n) is 1.77. The van der Waals surface area contributed by atoms with Gasteiger partial charge in [-0.05, 0) is 6.42 Å². The summed E-state index contributed by atoms with van der Waals surface area (Å²) in [4.78, 5) is 22.3. The summed E-state index contributed by atoms with van der Waals surface area (Å²) in [7, 11) is 0. The zero-order valence-electron chi connectivity index (χ0n) is 9.03. The van der Waals surface area contributed by atoms with Gasteiger partial charge >= 0.3 is 12.3 Å². The molecule has 1 rings (SSSR count). The summed E-state index contributed by atoms with van der Waals surface area (Å²) in [5.41, 5.74) is 0. The summed E-state index contributed by atoms with van der Waals surface area (Å²) < 4.78 is 38.2. The van der Waals surface area contributed by atoms with E-state index in [1.165, 1.54) is 6.92 Å². The number of carbonyl (C=O) groups excluding carboxylic acids is 1. The molecule has 0 unspecified atom stereocenters. The van der Waals surface area contributed by atoms with Crippen LogP contribution in [-0.2, 0) is 4.79 Å². The van der Waals surface area contributed by atoms with Crippen molar-refractivity contribution in [2.24, 2.45) is 5.92 Å². The van der Waals surface area contributed by atoms with Gasteiger partial charge in [-0.3, -0.25) is 4.79 Å². The van der Waals surface area contributed by atoms with E-state index in [1.54, 1.807) is 0 Å². The first kappa shape index (κ1) is 14.1. The molecule has 0 aromatic carbocycles. The fourth-order valence-corrected chi connectivity index (χ4v) is 2.83. The Hall–Kier alpha value is -0.920. The minimum atomic E-state index is -4.48. The lowest BCUT2D eigenvalue weighted by Gasteiger charge is -2.37. The monoisotopic (exact) mass is 271 g/mol. The first-order valence-electron chi connectivity index (χ1n) is 4.93. The number of hydrogen-bond acceptors (Lipinski definition) is 3. The molecule has 0 aromatic rings. The number of halogens is 3.